The SMILES string of the molecule is O=S(=O)(c1cc(Cl)ccc1Cl)N1CCN(c2nc(-c3ccc(F)c(F)c3)cs2)CC1. The molecule has 0 unspecified atom stereocenters. The van der Waals surface area contributed by atoms with Crippen molar-refractivity contribution >= 4 is 49.7 Å². The molecule has 11 heteroatoms. The molecule has 5 nitrogen and oxygen atoms in total. The Morgan fingerprint density at radius 3 is 2.40 bits per heavy atom. The number of rotatable bonds is 4. The molecule has 158 valence electrons. The molecule has 0 atom stereocenters. The van der Waals surface area contributed by atoms with Crippen LogP contribution in [0.25, 0.3) is 11.3 Å². The molecule has 0 N–H and O–H groups in total. The van der Waals surface area contributed by atoms with E-state index in [2.05, 4.69) is 4.98 Å². The topological polar surface area (TPSA) is 53.5 Å². The summed E-state index contributed by atoms with van der Waals surface area (Å²) in [5.41, 5.74) is 1.02. The van der Waals surface area contributed by atoms with Crippen molar-refractivity contribution in [3.63, 3.8) is 0 Å². The van der Waals surface area contributed by atoms with E-state index < -0.39 is 21.7 Å². The first kappa shape index (κ1) is 21.5. The summed E-state index contributed by atoms with van der Waals surface area (Å²) in [5.74, 6) is -1.84. The molecular weight excluding hydrogens is 475 g/mol. The molecule has 0 saturated carbocycles. The maximum atomic E-state index is 13.5. The second-order valence-corrected chi connectivity index (χ2v) is 10.2. The maximum absolute atomic E-state index is 13.5. The average molecular weight is 490 g/mol. The molecule has 3 aromatic rings. The van der Waals surface area contributed by atoms with Crippen LogP contribution in [0.15, 0.2) is 46.7 Å². The van der Waals surface area contributed by atoms with Gasteiger partial charge in [-0.05, 0) is 36.4 Å². The second kappa shape index (κ2) is 8.39. The highest BCUT2D eigenvalue weighted by molar-refractivity contribution is 7.89. The molecule has 2 aromatic carbocycles. The third-order valence-corrected chi connectivity index (χ3v) is 8.24. The normalized spacial score (nSPS) is 15.5. The molecule has 4 rings (SSSR count). The highest BCUT2D eigenvalue weighted by Gasteiger charge is 2.31. The number of anilines is 1. The predicted molar refractivity (Wildman–Crippen MR) is 115 cm³/mol. The van der Waals surface area contributed by atoms with Crippen LogP contribution in [0.3, 0.4) is 0 Å². The van der Waals surface area contributed by atoms with E-state index in [0.717, 1.165) is 12.1 Å². The summed E-state index contributed by atoms with van der Waals surface area (Å²) in [5, 5.41) is 2.87. The van der Waals surface area contributed by atoms with E-state index in [9.17, 15) is 17.2 Å². The van der Waals surface area contributed by atoms with Crippen LogP contribution in [0.5, 0.6) is 0 Å². The minimum atomic E-state index is -3.77. The number of hydrogen-bond donors (Lipinski definition) is 0. The van der Waals surface area contributed by atoms with Crippen LogP contribution in [-0.2, 0) is 10.0 Å². The van der Waals surface area contributed by atoms with Crippen molar-refractivity contribution in [2.45, 2.75) is 4.90 Å². The maximum Gasteiger partial charge on any atom is 0.244 e. The van der Waals surface area contributed by atoms with Crippen molar-refractivity contribution in [3.05, 3.63) is 63.5 Å². The van der Waals surface area contributed by atoms with Gasteiger partial charge in [0.2, 0.25) is 10.0 Å². The van der Waals surface area contributed by atoms with E-state index >= 15 is 0 Å². The molecular formula is C19H15Cl2F2N3O2S2. The number of sulfonamides is 1. The number of piperazine rings is 1. The lowest BCUT2D eigenvalue weighted by Crippen LogP contribution is -2.48. The summed E-state index contributed by atoms with van der Waals surface area (Å²) < 4.78 is 53.9. The minimum Gasteiger partial charge on any atom is -0.345 e. The summed E-state index contributed by atoms with van der Waals surface area (Å²) in [6.07, 6.45) is 0. The molecule has 0 bridgehead atoms. The van der Waals surface area contributed by atoms with E-state index in [0.29, 0.717) is 34.5 Å². The van der Waals surface area contributed by atoms with Crippen LogP contribution in [0, 0.1) is 11.6 Å². The highest BCUT2D eigenvalue weighted by Crippen LogP contribution is 2.31. The van der Waals surface area contributed by atoms with Gasteiger partial charge < -0.3 is 4.90 Å². The van der Waals surface area contributed by atoms with Crippen LogP contribution in [-0.4, -0.2) is 43.9 Å². The fourth-order valence-electron chi connectivity index (χ4n) is 3.13. The molecule has 1 aliphatic heterocycles. The van der Waals surface area contributed by atoms with Gasteiger partial charge in [-0.25, -0.2) is 22.2 Å². The zero-order valence-corrected chi connectivity index (χ0v) is 18.5. The third-order valence-electron chi connectivity index (χ3n) is 4.73. The van der Waals surface area contributed by atoms with Gasteiger partial charge in [0.1, 0.15) is 4.90 Å². The molecule has 30 heavy (non-hydrogen) atoms. The summed E-state index contributed by atoms with van der Waals surface area (Å²) in [6, 6.07) is 7.98. The van der Waals surface area contributed by atoms with E-state index in [1.165, 1.54) is 39.9 Å². The summed E-state index contributed by atoms with van der Waals surface area (Å²) in [7, 11) is -3.77. The van der Waals surface area contributed by atoms with Crippen LogP contribution >= 0.6 is 34.5 Å². The Hall–Kier alpha value is -1.78. The fraction of sp³-hybridized carbons (Fsp3) is 0.211. The number of hydrogen-bond acceptors (Lipinski definition) is 5. The summed E-state index contributed by atoms with van der Waals surface area (Å²) in [6.45, 7) is 1.38. The molecule has 0 spiro atoms. The zero-order chi connectivity index (χ0) is 21.5. The van der Waals surface area contributed by atoms with Gasteiger partial charge >= 0.3 is 0 Å². The monoisotopic (exact) mass is 489 g/mol. The minimum absolute atomic E-state index is 0.0139. The van der Waals surface area contributed by atoms with Crippen LogP contribution < -0.4 is 4.90 Å². The van der Waals surface area contributed by atoms with Crippen molar-refractivity contribution < 1.29 is 17.2 Å². The van der Waals surface area contributed by atoms with Crippen LogP contribution in [0.4, 0.5) is 13.9 Å². The van der Waals surface area contributed by atoms with Gasteiger partial charge in [-0.2, -0.15) is 4.31 Å². The molecule has 1 aliphatic rings. The first-order chi connectivity index (χ1) is 14.3. The Morgan fingerprint density at radius 2 is 1.70 bits per heavy atom. The van der Waals surface area contributed by atoms with Crippen molar-refractivity contribution in [2.24, 2.45) is 0 Å². The molecule has 2 heterocycles. The Balaban J connectivity index is 1.48. The summed E-state index contributed by atoms with van der Waals surface area (Å²) in [4.78, 5) is 6.44. The van der Waals surface area contributed by atoms with Crippen molar-refractivity contribution in [1.29, 1.82) is 0 Å². The summed E-state index contributed by atoms with van der Waals surface area (Å²) >= 11 is 13.4. The van der Waals surface area contributed by atoms with Crippen molar-refractivity contribution in [2.75, 3.05) is 31.1 Å². The Labute approximate surface area is 186 Å². The quantitative estimate of drug-likeness (QED) is 0.522. The van der Waals surface area contributed by atoms with Gasteiger partial charge in [-0.1, -0.05) is 23.2 Å². The molecule has 0 radical (unpaired) electrons. The van der Waals surface area contributed by atoms with Gasteiger partial charge in [0, 0.05) is 42.1 Å². The van der Waals surface area contributed by atoms with Crippen molar-refractivity contribution in [1.82, 2.24) is 9.29 Å². The van der Waals surface area contributed by atoms with E-state index in [1.807, 2.05) is 4.90 Å². The highest BCUT2D eigenvalue weighted by atomic mass is 35.5. The van der Waals surface area contributed by atoms with Crippen LogP contribution in [0.1, 0.15) is 0 Å². The van der Waals surface area contributed by atoms with E-state index in [1.54, 1.807) is 5.38 Å². The molecule has 0 amide bonds. The third kappa shape index (κ3) is 4.17. The number of benzene rings is 2. The van der Waals surface area contributed by atoms with Gasteiger partial charge in [0.15, 0.2) is 16.8 Å². The lowest BCUT2D eigenvalue weighted by molar-refractivity contribution is 0.385. The molecule has 1 fully saturated rings. The second-order valence-electron chi connectivity index (χ2n) is 6.61. The molecule has 0 aliphatic carbocycles. The first-order valence-corrected chi connectivity index (χ1v) is 11.9. The lowest BCUT2D eigenvalue weighted by Gasteiger charge is -2.34. The van der Waals surface area contributed by atoms with E-state index in [-0.39, 0.29) is 23.0 Å². The lowest BCUT2D eigenvalue weighted by atomic mass is 10.2. The standard InChI is InChI=1S/C19H15Cl2F2N3O2S2/c20-13-2-3-14(21)18(10-13)30(27,28)26-7-5-25(6-8-26)19-24-17(11-29-19)12-1-4-15(22)16(23)9-12/h1-4,9-11H,5-8H2. The van der Waals surface area contributed by atoms with Gasteiger partial charge in [-0.3, -0.25) is 0 Å². The Bertz CT molecular complexity index is 1200. The Morgan fingerprint density at radius 1 is 0.967 bits per heavy atom. The number of nitrogens with zero attached hydrogens (tertiary/aromatic N) is 3. The number of aromatic nitrogens is 1. The van der Waals surface area contributed by atoms with Crippen molar-refractivity contribution in [3.8, 4) is 11.3 Å². The van der Waals surface area contributed by atoms with Crippen LogP contribution in [0.2, 0.25) is 10.0 Å². The average Bonchev–Trinajstić information content (AvgIpc) is 3.22. The first-order valence-electron chi connectivity index (χ1n) is 8.87. The fourth-order valence-corrected chi connectivity index (χ4v) is 6.18. The van der Waals surface area contributed by atoms with Gasteiger partial charge in [-0.15, -0.1) is 11.3 Å². The predicted octanol–water partition coefficient (Wildman–Crippen LogP) is 4.91. The zero-order valence-electron chi connectivity index (χ0n) is 15.4. The number of halogens is 4. The smallest absolute Gasteiger partial charge is 0.244 e. The number of thiazole rings is 1. The largest absolute Gasteiger partial charge is 0.345 e. The van der Waals surface area contributed by atoms with E-state index in [4.69, 9.17) is 23.2 Å². The molecule has 1 saturated heterocycles. The Kier molecular flexibility index (Phi) is 6.00. The van der Waals surface area contributed by atoms with Gasteiger partial charge in [0.05, 0.1) is 10.7 Å². The molecule has 1 aromatic heterocycles. The van der Waals surface area contributed by atoms with Gasteiger partial charge in [0.25, 0.3) is 0 Å².